The molecule has 1 unspecified atom stereocenters. The maximum atomic E-state index is 13.8. The Kier molecular flexibility index (Phi) is 7.38. The summed E-state index contributed by atoms with van der Waals surface area (Å²) in [7, 11) is -3.63. The maximum Gasteiger partial charge on any atom is 0.243 e. The SMILES string of the molecule is Cc1ccc2sc(N(CC3CCCO3)C(=O)C3CCN(S(=O)(=O)c4ccc(Cl)cc4)CC3)nc2c1C. The monoisotopic (exact) mass is 547 g/mol. The van der Waals surface area contributed by atoms with Gasteiger partial charge in [0, 0.05) is 30.6 Å². The minimum Gasteiger partial charge on any atom is -0.376 e. The van der Waals surface area contributed by atoms with E-state index in [0.717, 1.165) is 28.6 Å². The summed E-state index contributed by atoms with van der Waals surface area (Å²) in [6, 6.07) is 10.4. The number of fused-ring (bicyclic) bond motifs is 1. The molecule has 36 heavy (non-hydrogen) atoms. The zero-order valence-electron chi connectivity index (χ0n) is 20.4. The molecule has 3 aromatic rings. The predicted octanol–water partition coefficient (Wildman–Crippen LogP) is 5.18. The molecule has 0 radical (unpaired) electrons. The van der Waals surface area contributed by atoms with Crippen molar-refractivity contribution in [2.24, 2.45) is 5.92 Å². The normalized spacial score (nSPS) is 19.7. The third-order valence-electron chi connectivity index (χ3n) is 7.24. The molecule has 7 nitrogen and oxygen atoms in total. The number of hydrogen-bond donors (Lipinski definition) is 0. The smallest absolute Gasteiger partial charge is 0.243 e. The van der Waals surface area contributed by atoms with Gasteiger partial charge in [0.05, 0.1) is 27.8 Å². The number of thiazole rings is 1. The van der Waals surface area contributed by atoms with E-state index in [4.69, 9.17) is 21.3 Å². The molecule has 0 spiro atoms. The van der Waals surface area contributed by atoms with Crippen molar-refractivity contribution in [1.82, 2.24) is 9.29 Å². The molecule has 2 saturated heterocycles. The number of benzene rings is 2. The summed E-state index contributed by atoms with van der Waals surface area (Å²) in [5.74, 6) is -0.264. The van der Waals surface area contributed by atoms with E-state index in [2.05, 4.69) is 26.0 Å². The largest absolute Gasteiger partial charge is 0.376 e. The third-order valence-corrected chi connectivity index (χ3v) is 10.4. The molecule has 2 aliphatic heterocycles. The number of halogens is 1. The minimum atomic E-state index is -3.63. The molecule has 0 bridgehead atoms. The van der Waals surface area contributed by atoms with E-state index in [1.807, 2.05) is 0 Å². The second kappa shape index (κ2) is 10.4. The quantitative estimate of drug-likeness (QED) is 0.425. The van der Waals surface area contributed by atoms with Gasteiger partial charge < -0.3 is 4.74 Å². The van der Waals surface area contributed by atoms with E-state index in [1.165, 1.54) is 33.3 Å². The molecule has 0 aliphatic carbocycles. The number of carbonyl (C=O) groups excluding carboxylic acids is 1. The first-order valence-electron chi connectivity index (χ1n) is 12.3. The van der Waals surface area contributed by atoms with Crippen molar-refractivity contribution in [1.29, 1.82) is 0 Å². The van der Waals surface area contributed by atoms with Gasteiger partial charge in [-0.2, -0.15) is 4.31 Å². The van der Waals surface area contributed by atoms with E-state index < -0.39 is 10.0 Å². The van der Waals surface area contributed by atoms with Gasteiger partial charge in [0.1, 0.15) is 0 Å². The summed E-state index contributed by atoms with van der Waals surface area (Å²) >= 11 is 7.45. The lowest BCUT2D eigenvalue weighted by molar-refractivity contribution is -0.123. The third kappa shape index (κ3) is 5.04. The number of aryl methyl sites for hydroxylation is 2. The molecular formula is C26H30ClN3O4S2. The fraction of sp³-hybridized carbons (Fsp3) is 0.462. The van der Waals surface area contributed by atoms with Gasteiger partial charge >= 0.3 is 0 Å². The predicted molar refractivity (Wildman–Crippen MR) is 143 cm³/mol. The molecule has 1 atom stereocenters. The average molecular weight is 548 g/mol. The number of ether oxygens (including phenoxy) is 1. The van der Waals surface area contributed by atoms with Gasteiger partial charge in [-0.1, -0.05) is 29.0 Å². The summed E-state index contributed by atoms with van der Waals surface area (Å²) in [4.78, 5) is 20.7. The van der Waals surface area contributed by atoms with E-state index >= 15 is 0 Å². The van der Waals surface area contributed by atoms with Crippen molar-refractivity contribution in [3.05, 3.63) is 52.5 Å². The Balaban J connectivity index is 1.35. The van der Waals surface area contributed by atoms with Crippen molar-refractivity contribution >= 4 is 54.2 Å². The van der Waals surface area contributed by atoms with E-state index in [1.54, 1.807) is 17.0 Å². The lowest BCUT2D eigenvalue weighted by atomic mass is 9.96. The highest BCUT2D eigenvalue weighted by molar-refractivity contribution is 7.89. The first-order valence-corrected chi connectivity index (χ1v) is 14.9. The maximum absolute atomic E-state index is 13.8. The lowest BCUT2D eigenvalue weighted by Crippen LogP contribution is -2.46. The van der Waals surface area contributed by atoms with E-state index in [-0.39, 0.29) is 22.8 Å². The Labute approximate surface area is 221 Å². The highest BCUT2D eigenvalue weighted by atomic mass is 35.5. The van der Waals surface area contributed by atoms with Crippen LogP contribution in [0, 0.1) is 19.8 Å². The van der Waals surface area contributed by atoms with Crippen LogP contribution in [0.5, 0.6) is 0 Å². The van der Waals surface area contributed by atoms with Crippen LogP contribution >= 0.6 is 22.9 Å². The van der Waals surface area contributed by atoms with Crippen LogP contribution in [0.15, 0.2) is 41.3 Å². The van der Waals surface area contributed by atoms with Crippen molar-refractivity contribution in [2.45, 2.75) is 50.5 Å². The van der Waals surface area contributed by atoms with Crippen molar-refractivity contribution in [2.75, 3.05) is 31.1 Å². The standard InChI is InChI=1S/C26H30ClN3O4S2/c1-17-5-10-23-24(18(17)2)28-26(35-23)30(16-21-4-3-15-34-21)25(31)19-11-13-29(14-12-19)36(32,33)22-8-6-20(27)7-9-22/h5-10,19,21H,3-4,11-16H2,1-2H3. The van der Waals surface area contributed by atoms with Gasteiger partial charge in [0.25, 0.3) is 0 Å². The van der Waals surface area contributed by atoms with Gasteiger partial charge in [0.15, 0.2) is 5.13 Å². The summed E-state index contributed by atoms with van der Waals surface area (Å²) in [5, 5.41) is 1.18. The summed E-state index contributed by atoms with van der Waals surface area (Å²) < 4.78 is 34.6. The van der Waals surface area contributed by atoms with Crippen LogP contribution in [0.3, 0.4) is 0 Å². The number of nitrogens with zero attached hydrogens (tertiary/aromatic N) is 3. The summed E-state index contributed by atoms with van der Waals surface area (Å²) in [5.41, 5.74) is 3.23. The van der Waals surface area contributed by atoms with Gasteiger partial charge in [0.2, 0.25) is 15.9 Å². The summed E-state index contributed by atoms with van der Waals surface area (Å²) in [6.45, 7) is 5.91. The van der Waals surface area contributed by atoms with Crippen LogP contribution in [0.1, 0.15) is 36.8 Å². The molecule has 1 amide bonds. The first kappa shape index (κ1) is 25.6. The van der Waals surface area contributed by atoms with Crippen LogP contribution in [0.25, 0.3) is 10.2 Å². The fourth-order valence-corrected chi connectivity index (χ4v) is 7.54. The van der Waals surface area contributed by atoms with E-state index in [0.29, 0.717) is 49.2 Å². The number of piperidine rings is 1. The topological polar surface area (TPSA) is 79.8 Å². The molecular weight excluding hydrogens is 518 g/mol. The molecule has 1 aromatic heterocycles. The number of amides is 1. The molecule has 2 fully saturated rings. The number of carbonyl (C=O) groups is 1. The first-order chi connectivity index (χ1) is 17.2. The second-order valence-electron chi connectivity index (χ2n) is 9.57. The van der Waals surface area contributed by atoms with Crippen LogP contribution < -0.4 is 4.90 Å². The van der Waals surface area contributed by atoms with Crippen LogP contribution in [0.2, 0.25) is 5.02 Å². The lowest BCUT2D eigenvalue weighted by Gasteiger charge is -2.33. The van der Waals surface area contributed by atoms with Crippen LogP contribution in [-0.4, -0.2) is 56.0 Å². The molecule has 5 rings (SSSR count). The van der Waals surface area contributed by atoms with Crippen LogP contribution in [0.4, 0.5) is 5.13 Å². The second-order valence-corrected chi connectivity index (χ2v) is 13.0. The molecule has 0 N–H and O–H groups in total. The van der Waals surface area contributed by atoms with Gasteiger partial charge in [-0.15, -0.1) is 0 Å². The number of sulfonamides is 1. The fourth-order valence-electron chi connectivity index (χ4n) is 4.90. The van der Waals surface area contributed by atoms with Crippen LogP contribution in [-0.2, 0) is 19.6 Å². The van der Waals surface area contributed by atoms with Gasteiger partial charge in [-0.3, -0.25) is 9.69 Å². The number of aromatic nitrogens is 1. The Morgan fingerprint density at radius 1 is 1.14 bits per heavy atom. The average Bonchev–Trinajstić information content (AvgIpc) is 3.55. The van der Waals surface area contributed by atoms with Crippen molar-refractivity contribution in [3.63, 3.8) is 0 Å². The Morgan fingerprint density at radius 2 is 1.86 bits per heavy atom. The number of hydrogen-bond acceptors (Lipinski definition) is 6. The molecule has 192 valence electrons. The van der Waals surface area contributed by atoms with Gasteiger partial charge in [-0.25, -0.2) is 13.4 Å². The highest BCUT2D eigenvalue weighted by Gasteiger charge is 2.36. The van der Waals surface area contributed by atoms with Gasteiger partial charge in [-0.05, 0) is 81.0 Å². The number of anilines is 1. The van der Waals surface area contributed by atoms with E-state index in [9.17, 15) is 13.2 Å². The van der Waals surface area contributed by atoms with Crippen molar-refractivity contribution in [3.8, 4) is 0 Å². The molecule has 2 aromatic carbocycles. The highest BCUT2D eigenvalue weighted by Crippen LogP contribution is 2.35. The van der Waals surface area contributed by atoms with Crippen molar-refractivity contribution < 1.29 is 17.9 Å². The minimum absolute atomic E-state index is 0.00229. The molecule has 3 heterocycles. The Morgan fingerprint density at radius 3 is 2.53 bits per heavy atom. The molecule has 10 heteroatoms. The Hall–Kier alpha value is -2.04. The summed E-state index contributed by atoms with van der Waals surface area (Å²) in [6.07, 6.45) is 2.85. The molecule has 2 aliphatic rings. The Bertz CT molecular complexity index is 1360. The molecule has 0 saturated carbocycles. The number of rotatable bonds is 6. The zero-order valence-corrected chi connectivity index (χ0v) is 22.8. The zero-order chi connectivity index (χ0) is 25.4.